The first kappa shape index (κ1) is 16.8. The van der Waals surface area contributed by atoms with Crippen molar-refractivity contribution < 1.29 is 13.2 Å². The first-order valence-corrected chi connectivity index (χ1v) is 9.37. The standard InChI is InChI=1S/C19H11F3INS/c20-19(21,22)12-9-10-16-18(11-12)25-17-8-4-3-7-15(17)24(16)14-6-2-1-5-13(14)23/h1-11H. The summed E-state index contributed by atoms with van der Waals surface area (Å²) in [5, 5.41) is 0. The highest BCUT2D eigenvalue weighted by Crippen LogP contribution is 2.52. The molecule has 6 heteroatoms. The molecule has 1 aliphatic heterocycles. The van der Waals surface area contributed by atoms with E-state index in [2.05, 4.69) is 22.6 Å². The van der Waals surface area contributed by atoms with Crippen LogP contribution in [0.3, 0.4) is 0 Å². The highest BCUT2D eigenvalue weighted by atomic mass is 127. The van der Waals surface area contributed by atoms with Gasteiger partial charge < -0.3 is 4.90 Å². The van der Waals surface area contributed by atoms with E-state index in [1.54, 1.807) is 6.07 Å². The zero-order valence-electron chi connectivity index (χ0n) is 12.7. The number of benzene rings is 3. The number of fused-ring (bicyclic) bond motifs is 2. The summed E-state index contributed by atoms with van der Waals surface area (Å²) < 4.78 is 40.4. The van der Waals surface area contributed by atoms with Gasteiger partial charge in [-0.1, -0.05) is 36.0 Å². The fraction of sp³-hybridized carbons (Fsp3) is 0.0526. The number of para-hydroxylation sites is 2. The number of hydrogen-bond acceptors (Lipinski definition) is 2. The SMILES string of the molecule is FC(F)(F)c1ccc2c(c1)Sc1ccccc1N2c1ccccc1I. The van der Waals surface area contributed by atoms with Crippen molar-refractivity contribution in [2.45, 2.75) is 16.0 Å². The number of alkyl halides is 3. The molecule has 4 rings (SSSR count). The number of rotatable bonds is 1. The van der Waals surface area contributed by atoms with Crippen molar-refractivity contribution in [2.75, 3.05) is 4.90 Å². The summed E-state index contributed by atoms with van der Waals surface area (Å²) in [6.45, 7) is 0. The van der Waals surface area contributed by atoms with Crippen LogP contribution in [-0.2, 0) is 6.18 Å². The average Bonchev–Trinajstić information content (AvgIpc) is 2.59. The van der Waals surface area contributed by atoms with Crippen LogP contribution in [0.25, 0.3) is 0 Å². The number of halogens is 4. The van der Waals surface area contributed by atoms with Gasteiger partial charge in [0.05, 0.1) is 22.6 Å². The van der Waals surface area contributed by atoms with Crippen molar-refractivity contribution in [2.24, 2.45) is 0 Å². The molecule has 25 heavy (non-hydrogen) atoms. The lowest BCUT2D eigenvalue weighted by atomic mass is 10.1. The Hall–Kier alpha value is -1.67. The monoisotopic (exact) mass is 469 g/mol. The minimum absolute atomic E-state index is 0.605. The van der Waals surface area contributed by atoms with Crippen molar-refractivity contribution in [1.82, 2.24) is 0 Å². The molecular weight excluding hydrogens is 458 g/mol. The second-order valence-electron chi connectivity index (χ2n) is 5.54. The molecule has 126 valence electrons. The lowest BCUT2D eigenvalue weighted by molar-refractivity contribution is -0.137. The highest BCUT2D eigenvalue weighted by Gasteiger charge is 2.33. The maximum Gasteiger partial charge on any atom is 0.416 e. The van der Waals surface area contributed by atoms with Crippen molar-refractivity contribution in [3.05, 3.63) is 75.9 Å². The van der Waals surface area contributed by atoms with Gasteiger partial charge >= 0.3 is 6.18 Å². The van der Waals surface area contributed by atoms with Gasteiger partial charge in [0.25, 0.3) is 0 Å². The van der Waals surface area contributed by atoms with Gasteiger partial charge in [0.1, 0.15) is 0 Å². The first-order valence-electron chi connectivity index (χ1n) is 7.48. The quantitative estimate of drug-likeness (QED) is 0.270. The Morgan fingerprint density at radius 3 is 2.12 bits per heavy atom. The van der Waals surface area contributed by atoms with Crippen molar-refractivity contribution in [3.63, 3.8) is 0 Å². The summed E-state index contributed by atoms with van der Waals surface area (Å²) in [6.07, 6.45) is -4.35. The molecule has 0 aliphatic carbocycles. The first-order chi connectivity index (χ1) is 11.9. The third-order valence-electron chi connectivity index (χ3n) is 3.95. The Bertz CT molecular complexity index is 944. The molecule has 1 aliphatic rings. The second-order valence-corrected chi connectivity index (χ2v) is 7.78. The molecule has 0 bridgehead atoms. The molecule has 0 saturated heterocycles. The third-order valence-corrected chi connectivity index (χ3v) is 5.97. The van der Waals surface area contributed by atoms with Crippen LogP contribution >= 0.6 is 34.4 Å². The molecule has 0 aromatic heterocycles. The van der Waals surface area contributed by atoms with E-state index in [0.29, 0.717) is 4.90 Å². The molecule has 0 radical (unpaired) electrons. The topological polar surface area (TPSA) is 3.24 Å². The molecule has 0 fully saturated rings. The Morgan fingerprint density at radius 1 is 0.760 bits per heavy atom. The Kier molecular flexibility index (Phi) is 4.19. The summed E-state index contributed by atoms with van der Waals surface area (Å²) >= 11 is 3.62. The molecule has 1 nitrogen and oxygen atoms in total. The van der Waals surface area contributed by atoms with Crippen LogP contribution in [0.5, 0.6) is 0 Å². The predicted octanol–water partition coefficient (Wildman–Crippen LogP) is 7.24. The maximum absolute atomic E-state index is 13.1. The minimum Gasteiger partial charge on any atom is -0.307 e. The smallest absolute Gasteiger partial charge is 0.307 e. The Morgan fingerprint density at radius 2 is 1.40 bits per heavy atom. The molecule has 1 heterocycles. The lowest BCUT2D eigenvalue weighted by Gasteiger charge is -2.33. The summed E-state index contributed by atoms with van der Waals surface area (Å²) in [4.78, 5) is 3.57. The summed E-state index contributed by atoms with van der Waals surface area (Å²) in [7, 11) is 0. The molecule has 0 atom stereocenters. The average molecular weight is 469 g/mol. The van der Waals surface area contributed by atoms with Crippen LogP contribution in [0.15, 0.2) is 76.5 Å². The van der Waals surface area contributed by atoms with Gasteiger partial charge in [-0.3, -0.25) is 0 Å². The largest absolute Gasteiger partial charge is 0.416 e. The summed E-state index contributed by atoms with van der Waals surface area (Å²) in [5.41, 5.74) is 2.07. The molecule has 0 unspecified atom stereocenters. The number of nitrogens with zero attached hydrogens (tertiary/aromatic N) is 1. The normalized spacial score (nSPS) is 13.4. The zero-order valence-corrected chi connectivity index (χ0v) is 15.7. The van der Waals surface area contributed by atoms with E-state index in [4.69, 9.17) is 0 Å². The van der Waals surface area contributed by atoms with Gasteiger partial charge in [-0.15, -0.1) is 0 Å². The molecular formula is C19H11F3INS. The van der Waals surface area contributed by atoms with Crippen LogP contribution in [0.4, 0.5) is 30.2 Å². The zero-order chi connectivity index (χ0) is 17.6. The Labute approximate surface area is 161 Å². The highest BCUT2D eigenvalue weighted by molar-refractivity contribution is 14.1. The van der Waals surface area contributed by atoms with Crippen LogP contribution in [-0.4, -0.2) is 0 Å². The van der Waals surface area contributed by atoms with E-state index in [-0.39, 0.29) is 0 Å². The van der Waals surface area contributed by atoms with Gasteiger partial charge in [0.2, 0.25) is 0 Å². The molecule has 0 amide bonds. The fourth-order valence-corrected chi connectivity index (χ4v) is 4.55. The van der Waals surface area contributed by atoms with Gasteiger partial charge in [-0.2, -0.15) is 13.2 Å². The number of hydrogen-bond donors (Lipinski definition) is 0. The molecule has 0 spiro atoms. The summed E-state index contributed by atoms with van der Waals surface area (Å²) in [5.74, 6) is 0. The molecule has 0 saturated carbocycles. The molecule has 3 aromatic rings. The maximum atomic E-state index is 13.1. The van der Waals surface area contributed by atoms with Crippen LogP contribution < -0.4 is 4.90 Å². The van der Waals surface area contributed by atoms with Gasteiger partial charge in [-0.05, 0) is 65.1 Å². The number of anilines is 3. The summed E-state index contributed by atoms with van der Waals surface area (Å²) in [6, 6.07) is 19.6. The van der Waals surface area contributed by atoms with E-state index < -0.39 is 11.7 Å². The van der Waals surface area contributed by atoms with Gasteiger partial charge in [0, 0.05) is 13.4 Å². The molecule has 0 N–H and O–H groups in total. The lowest BCUT2D eigenvalue weighted by Crippen LogP contribution is -2.16. The van der Waals surface area contributed by atoms with E-state index >= 15 is 0 Å². The van der Waals surface area contributed by atoms with Crippen molar-refractivity contribution in [1.29, 1.82) is 0 Å². The third kappa shape index (κ3) is 3.01. The van der Waals surface area contributed by atoms with Gasteiger partial charge in [-0.25, -0.2) is 0 Å². The second kappa shape index (κ2) is 6.25. The van der Waals surface area contributed by atoms with E-state index in [0.717, 1.165) is 31.6 Å². The van der Waals surface area contributed by atoms with E-state index in [9.17, 15) is 13.2 Å². The molecule has 3 aromatic carbocycles. The Balaban J connectivity index is 1.95. The van der Waals surface area contributed by atoms with Crippen LogP contribution in [0.2, 0.25) is 0 Å². The van der Waals surface area contributed by atoms with E-state index in [1.165, 1.54) is 17.8 Å². The van der Waals surface area contributed by atoms with Gasteiger partial charge in [0.15, 0.2) is 0 Å². The predicted molar refractivity (Wildman–Crippen MR) is 103 cm³/mol. The van der Waals surface area contributed by atoms with E-state index in [1.807, 2.05) is 53.4 Å². The fourth-order valence-electron chi connectivity index (χ4n) is 2.83. The van der Waals surface area contributed by atoms with Crippen LogP contribution in [0.1, 0.15) is 5.56 Å². The van der Waals surface area contributed by atoms with Crippen LogP contribution in [0, 0.1) is 3.57 Å². The minimum atomic E-state index is -4.35. The van der Waals surface area contributed by atoms with Crippen molar-refractivity contribution in [3.8, 4) is 0 Å². The van der Waals surface area contributed by atoms with Crippen molar-refractivity contribution >= 4 is 51.4 Å².